The van der Waals surface area contributed by atoms with Gasteiger partial charge in [0.15, 0.2) is 0 Å². The van der Waals surface area contributed by atoms with Gasteiger partial charge >= 0.3 is 0 Å². The van der Waals surface area contributed by atoms with Crippen LogP contribution in [0, 0.1) is 17.3 Å². The van der Waals surface area contributed by atoms with Crippen LogP contribution in [0.1, 0.15) is 33.1 Å². The summed E-state index contributed by atoms with van der Waals surface area (Å²) in [5.41, 5.74) is 0.853. The summed E-state index contributed by atoms with van der Waals surface area (Å²) < 4.78 is 5.71. The molecule has 2 saturated carbocycles. The standard InChI is InChI=1S/C10H16O/c1-9(2)7-3-4-8(5-7)10(9)6-11-10/h7-8H,3-6H2,1-2H3/t7-,8+,10?/m1/s1. The molecule has 3 fully saturated rings. The van der Waals surface area contributed by atoms with Crippen LogP contribution in [0.3, 0.4) is 0 Å². The Morgan fingerprint density at radius 2 is 1.82 bits per heavy atom. The first kappa shape index (κ1) is 6.47. The monoisotopic (exact) mass is 152 g/mol. The van der Waals surface area contributed by atoms with Crippen molar-refractivity contribution in [2.45, 2.75) is 38.7 Å². The van der Waals surface area contributed by atoms with E-state index in [0.29, 0.717) is 11.0 Å². The maximum Gasteiger partial charge on any atom is 0.0997 e. The first-order valence-electron chi connectivity index (χ1n) is 4.81. The number of rotatable bonds is 0. The second kappa shape index (κ2) is 1.52. The molecule has 62 valence electrons. The molecule has 3 rings (SSSR count). The second-order valence-electron chi connectivity index (χ2n) is 5.11. The molecule has 2 bridgehead atoms. The maximum atomic E-state index is 5.71. The minimum atomic E-state index is 0.357. The van der Waals surface area contributed by atoms with E-state index < -0.39 is 0 Å². The van der Waals surface area contributed by atoms with Crippen molar-refractivity contribution >= 4 is 0 Å². The van der Waals surface area contributed by atoms with Crippen LogP contribution in [0.25, 0.3) is 0 Å². The van der Waals surface area contributed by atoms with Crippen LogP contribution in [-0.4, -0.2) is 12.2 Å². The zero-order chi connectivity index (χ0) is 7.69. The molecule has 2 aliphatic carbocycles. The van der Waals surface area contributed by atoms with Crippen LogP contribution < -0.4 is 0 Å². The molecule has 1 aliphatic heterocycles. The van der Waals surface area contributed by atoms with E-state index in [-0.39, 0.29) is 0 Å². The molecule has 1 spiro atoms. The average Bonchev–Trinajstić information content (AvgIpc) is 2.55. The highest BCUT2D eigenvalue weighted by atomic mass is 16.6. The van der Waals surface area contributed by atoms with Crippen molar-refractivity contribution in [1.29, 1.82) is 0 Å². The second-order valence-corrected chi connectivity index (χ2v) is 5.11. The van der Waals surface area contributed by atoms with Crippen LogP contribution in [0.4, 0.5) is 0 Å². The van der Waals surface area contributed by atoms with Crippen molar-refractivity contribution < 1.29 is 4.74 Å². The van der Waals surface area contributed by atoms with Crippen LogP contribution in [0.2, 0.25) is 0 Å². The predicted octanol–water partition coefficient (Wildman–Crippen LogP) is 2.21. The Morgan fingerprint density at radius 1 is 1.18 bits per heavy atom. The fourth-order valence-corrected chi connectivity index (χ4v) is 3.62. The van der Waals surface area contributed by atoms with E-state index >= 15 is 0 Å². The van der Waals surface area contributed by atoms with E-state index in [1.165, 1.54) is 19.3 Å². The fraction of sp³-hybridized carbons (Fsp3) is 1.00. The SMILES string of the molecule is CC1(C)[C@@H]2CC[C@@H](C2)C12CO2. The van der Waals surface area contributed by atoms with E-state index in [2.05, 4.69) is 13.8 Å². The van der Waals surface area contributed by atoms with Crippen molar-refractivity contribution in [1.82, 2.24) is 0 Å². The summed E-state index contributed by atoms with van der Waals surface area (Å²) in [6.07, 6.45) is 4.35. The van der Waals surface area contributed by atoms with E-state index in [1.54, 1.807) is 0 Å². The predicted molar refractivity (Wildman–Crippen MR) is 43.3 cm³/mol. The lowest BCUT2D eigenvalue weighted by Gasteiger charge is -2.35. The Bertz CT molecular complexity index is 193. The summed E-state index contributed by atoms with van der Waals surface area (Å²) >= 11 is 0. The van der Waals surface area contributed by atoms with Gasteiger partial charge in [-0.05, 0) is 36.5 Å². The topological polar surface area (TPSA) is 12.5 Å². The molecule has 1 heteroatoms. The van der Waals surface area contributed by atoms with Gasteiger partial charge in [0.05, 0.1) is 12.2 Å². The first-order valence-corrected chi connectivity index (χ1v) is 4.81. The number of hydrogen-bond donors (Lipinski definition) is 0. The van der Waals surface area contributed by atoms with Crippen molar-refractivity contribution in [3.8, 4) is 0 Å². The number of fused-ring (bicyclic) bond motifs is 3. The quantitative estimate of drug-likeness (QED) is 0.485. The molecule has 0 amide bonds. The van der Waals surface area contributed by atoms with Gasteiger partial charge in [0.2, 0.25) is 0 Å². The zero-order valence-corrected chi connectivity index (χ0v) is 7.39. The molecule has 0 radical (unpaired) electrons. The molecule has 1 unspecified atom stereocenters. The van der Waals surface area contributed by atoms with Crippen molar-refractivity contribution in [2.75, 3.05) is 6.61 Å². The van der Waals surface area contributed by atoms with Gasteiger partial charge in [-0.3, -0.25) is 0 Å². The summed E-state index contributed by atoms with van der Waals surface area (Å²) in [5, 5.41) is 0. The molecule has 1 nitrogen and oxygen atoms in total. The van der Waals surface area contributed by atoms with E-state index in [9.17, 15) is 0 Å². The molecule has 3 aliphatic rings. The van der Waals surface area contributed by atoms with Crippen LogP contribution >= 0.6 is 0 Å². The van der Waals surface area contributed by atoms with Gasteiger partial charge in [-0.25, -0.2) is 0 Å². The lowest BCUT2D eigenvalue weighted by atomic mass is 9.69. The van der Waals surface area contributed by atoms with E-state index in [1.807, 2.05) is 0 Å². The lowest BCUT2D eigenvalue weighted by Crippen LogP contribution is -2.38. The third-order valence-electron chi connectivity index (χ3n) is 4.66. The normalized spacial score (nSPS) is 57.3. The van der Waals surface area contributed by atoms with Gasteiger partial charge in [-0.1, -0.05) is 13.8 Å². The Kier molecular flexibility index (Phi) is 0.893. The van der Waals surface area contributed by atoms with Crippen LogP contribution in [0.5, 0.6) is 0 Å². The zero-order valence-electron chi connectivity index (χ0n) is 7.39. The number of hydrogen-bond acceptors (Lipinski definition) is 1. The minimum absolute atomic E-state index is 0.357. The van der Waals surface area contributed by atoms with Gasteiger partial charge in [-0.2, -0.15) is 0 Å². The minimum Gasteiger partial charge on any atom is -0.369 e. The highest BCUT2D eigenvalue weighted by Gasteiger charge is 2.70. The van der Waals surface area contributed by atoms with Crippen LogP contribution in [-0.2, 0) is 4.74 Å². The van der Waals surface area contributed by atoms with E-state index in [4.69, 9.17) is 4.74 Å². The molecule has 0 aromatic heterocycles. The maximum absolute atomic E-state index is 5.71. The number of ether oxygens (including phenoxy) is 1. The van der Waals surface area contributed by atoms with Crippen molar-refractivity contribution in [3.05, 3.63) is 0 Å². The summed E-state index contributed by atoms with van der Waals surface area (Å²) in [6.45, 7) is 5.87. The highest BCUT2D eigenvalue weighted by Crippen LogP contribution is 2.67. The Labute approximate surface area is 68.1 Å². The Balaban J connectivity index is 2.05. The van der Waals surface area contributed by atoms with Gasteiger partial charge < -0.3 is 4.74 Å². The molecule has 0 N–H and O–H groups in total. The average molecular weight is 152 g/mol. The van der Waals surface area contributed by atoms with Crippen LogP contribution in [0.15, 0.2) is 0 Å². The first-order chi connectivity index (χ1) is 5.17. The van der Waals surface area contributed by atoms with Gasteiger partial charge in [-0.15, -0.1) is 0 Å². The fourth-order valence-electron chi connectivity index (χ4n) is 3.62. The molecular formula is C10H16O. The molecule has 1 heterocycles. The summed E-state index contributed by atoms with van der Waals surface area (Å²) in [7, 11) is 0. The largest absolute Gasteiger partial charge is 0.369 e. The van der Waals surface area contributed by atoms with Gasteiger partial charge in [0.25, 0.3) is 0 Å². The van der Waals surface area contributed by atoms with Crippen molar-refractivity contribution in [3.63, 3.8) is 0 Å². The molecule has 0 aromatic rings. The molecule has 3 atom stereocenters. The summed E-state index contributed by atoms with van der Waals surface area (Å²) in [4.78, 5) is 0. The molecule has 11 heavy (non-hydrogen) atoms. The summed E-state index contributed by atoms with van der Waals surface area (Å²) in [5.74, 6) is 1.89. The third kappa shape index (κ3) is 0.516. The third-order valence-corrected chi connectivity index (χ3v) is 4.66. The number of epoxide rings is 1. The highest BCUT2D eigenvalue weighted by molar-refractivity contribution is 5.18. The molecule has 0 aromatic carbocycles. The Morgan fingerprint density at radius 3 is 2.18 bits per heavy atom. The van der Waals surface area contributed by atoms with Gasteiger partial charge in [0.1, 0.15) is 0 Å². The van der Waals surface area contributed by atoms with E-state index in [0.717, 1.165) is 18.4 Å². The molecular weight excluding hydrogens is 136 g/mol. The van der Waals surface area contributed by atoms with Crippen molar-refractivity contribution in [2.24, 2.45) is 17.3 Å². The van der Waals surface area contributed by atoms with Gasteiger partial charge in [0, 0.05) is 0 Å². The lowest BCUT2D eigenvalue weighted by molar-refractivity contribution is 0.0736. The summed E-state index contributed by atoms with van der Waals surface area (Å²) in [6, 6.07) is 0. The molecule has 1 saturated heterocycles. The smallest absolute Gasteiger partial charge is 0.0997 e. The Hall–Kier alpha value is -0.0400.